The van der Waals surface area contributed by atoms with Crippen LogP contribution < -0.4 is 9.47 Å². The smallest absolute Gasteiger partial charge is 0.387 e. The van der Waals surface area contributed by atoms with Crippen LogP contribution in [0.1, 0.15) is 62.5 Å². The standard InChI is InChI=1S/C29H30F4O2/c1-3-6-19-9-11-21(12-10-19)26-24(30)17-18(2)28(27(26)31)35-25-8-5-4-7-23(25)20-13-15-22(16-14-20)34-29(32)33/h4-5,7-8,13-17,19,21,29H,3,6,9-12H2,1-2H3. The Bertz CT molecular complexity index is 1140. The highest BCUT2D eigenvalue weighted by molar-refractivity contribution is 5.71. The SMILES string of the molecule is CCCC1CCC(c2c(F)cc(C)c(Oc3ccccc3-c3ccc(OC(F)F)cc3)c2F)CC1. The van der Waals surface area contributed by atoms with Crippen LogP contribution in [-0.2, 0) is 0 Å². The van der Waals surface area contributed by atoms with Gasteiger partial charge < -0.3 is 9.47 Å². The summed E-state index contributed by atoms with van der Waals surface area (Å²) in [4.78, 5) is 0. The monoisotopic (exact) mass is 486 g/mol. The second-order valence-corrected chi connectivity index (χ2v) is 9.24. The van der Waals surface area contributed by atoms with Crippen molar-refractivity contribution in [2.24, 2.45) is 5.92 Å². The summed E-state index contributed by atoms with van der Waals surface area (Å²) < 4.78 is 66.2. The number of hydrogen-bond acceptors (Lipinski definition) is 2. The first kappa shape index (κ1) is 25.1. The molecule has 4 rings (SSSR count). The van der Waals surface area contributed by atoms with Crippen molar-refractivity contribution in [1.29, 1.82) is 0 Å². The number of alkyl halides is 2. The van der Waals surface area contributed by atoms with Crippen molar-refractivity contribution in [3.63, 3.8) is 0 Å². The average molecular weight is 487 g/mol. The Morgan fingerprint density at radius 3 is 2.29 bits per heavy atom. The summed E-state index contributed by atoms with van der Waals surface area (Å²) in [6, 6.07) is 14.6. The molecule has 1 aliphatic carbocycles. The summed E-state index contributed by atoms with van der Waals surface area (Å²) in [5.41, 5.74) is 1.84. The van der Waals surface area contributed by atoms with Gasteiger partial charge in [0.15, 0.2) is 11.6 Å². The summed E-state index contributed by atoms with van der Waals surface area (Å²) in [6.45, 7) is 0.887. The van der Waals surface area contributed by atoms with Gasteiger partial charge >= 0.3 is 6.61 Å². The van der Waals surface area contributed by atoms with E-state index in [1.165, 1.54) is 18.2 Å². The number of halogens is 4. The summed E-state index contributed by atoms with van der Waals surface area (Å²) in [6.07, 6.45) is 5.79. The molecule has 2 nitrogen and oxygen atoms in total. The van der Waals surface area contributed by atoms with Crippen LogP contribution in [0.4, 0.5) is 17.6 Å². The van der Waals surface area contributed by atoms with E-state index >= 15 is 4.39 Å². The number of rotatable bonds is 8. The van der Waals surface area contributed by atoms with Crippen LogP contribution in [0.3, 0.4) is 0 Å². The first-order chi connectivity index (χ1) is 16.9. The number of ether oxygens (including phenoxy) is 2. The van der Waals surface area contributed by atoms with Crippen LogP contribution in [-0.4, -0.2) is 6.61 Å². The van der Waals surface area contributed by atoms with E-state index in [-0.39, 0.29) is 23.0 Å². The number of aryl methyl sites for hydroxylation is 1. The maximum atomic E-state index is 15.8. The van der Waals surface area contributed by atoms with Gasteiger partial charge in [-0.1, -0.05) is 50.1 Å². The van der Waals surface area contributed by atoms with Crippen molar-refractivity contribution < 1.29 is 27.0 Å². The minimum atomic E-state index is -2.91. The van der Waals surface area contributed by atoms with Gasteiger partial charge in [0, 0.05) is 11.1 Å². The first-order valence-corrected chi connectivity index (χ1v) is 12.2. The van der Waals surface area contributed by atoms with Crippen molar-refractivity contribution >= 4 is 0 Å². The molecule has 0 aliphatic heterocycles. The molecule has 0 bridgehead atoms. The summed E-state index contributed by atoms with van der Waals surface area (Å²) in [5.74, 6) is -0.244. The molecule has 0 aromatic heterocycles. The van der Waals surface area contributed by atoms with Crippen molar-refractivity contribution in [2.75, 3.05) is 0 Å². The second kappa shape index (κ2) is 11.1. The highest BCUT2D eigenvalue weighted by atomic mass is 19.3. The van der Waals surface area contributed by atoms with E-state index in [2.05, 4.69) is 11.7 Å². The van der Waals surface area contributed by atoms with Crippen molar-refractivity contribution in [2.45, 2.75) is 64.9 Å². The molecule has 0 heterocycles. The molecule has 6 heteroatoms. The fourth-order valence-corrected chi connectivity index (χ4v) is 5.10. The Balaban J connectivity index is 1.62. The molecule has 3 aromatic rings. The normalized spacial score (nSPS) is 18.0. The lowest BCUT2D eigenvalue weighted by Crippen LogP contribution is -2.16. The molecule has 0 amide bonds. The molecule has 1 fully saturated rings. The van der Waals surface area contributed by atoms with Crippen molar-refractivity contribution in [3.8, 4) is 28.4 Å². The second-order valence-electron chi connectivity index (χ2n) is 9.24. The van der Waals surface area contributed by atoms with Gasteiger partial charge in [0.2, 0.25) is 0 Å². The van der Waals surface area contributed by atoms with E-state index in [1.54, 1.807) is 43.3 Å². The van der Waals surface area contributed by atoms with Crippen molar-refractivity contribution in [3.05, 3.63) is 77.4 Å². The van der Waals surface area contributed by atoms with Gasteiger partial charge in [-0.3, -0.25) is 0 Å². The topological polar surface area (TPSA) is 18.5 Å². The Morgan fingerprint density at radius 2 is 1.63 bits per heavy atom. The third-order valence-electron chi connectivity index (χ3n) is 6.84. The lowest BCUT2D eigenvalue weighted by Gasteiger charge is -2.29. The number of hydrogen-bond donors (Lipinski definition) is 0. The molecule has 0 unspecified atom stereocenters. The molecule has 1 saturated carbocycles. The Hall–Kier alpha value is -3.02. The first-order valence-electron chi connectivity index (χ1n) is 12.2. The van der Waals surface area contributed by atoms with E-state index in [0.717, 1.165) is 38.5 Å². The molecule has 0 radical (unpaired) electrons. The molecule has 186 valence electrons. The van der Waals surface area contributed by atoms with Gasteiger partial charge in [0.05, 0.1) is 0 Å². The van der Waals surface area contributed by atoms with Crippen LogP contribution in [0.25, 0.3) is 11.1 Å². The number of benzene rings is 3. The van der Waals surface area contributed by atoms with Crippen molar-refractivity contribution in [1.82, 2.24) is 0 Å². The molecule has 0 atom stereocenters. The van der Waals surface area contributed by atoms with Gasteiger partial charge in [-0.05, 0) is 79.8 Å². The molecule has 1 aliphatic rings. The predicted octanol–water partition coefficient (Wildman–Crippen LogP) is 9.41. The highest BCUT2D eigenvalue weighted by Crippen LogP contribution is 2.44. The highest BCUT2D eigenvalue weighted by Gasteiger charge is 2.29. The Kier molecular flexibility index (Phi) is 7.99. The molecule has 0 N–H and O–H groups in total. The van der Waals surface area contributed by atoms with Gasteiger partial charge in [-0.15, -0.1) is 0 Å². The van der Waals surface area contributed by atoms with Crippen LogP contribution in [0.2, 0.25) is 0 Å². The zero-order valence-corrected chi connectivity index (χ0v) is 20.0. The average Bonchev–Trinajstić information content (AvgIpc) is 2.83. The molecular weight excluding hydrogens is 456 g/mol. The van der Waals surface area contributed by atoms with Gasteiger partial charge in [-0.25, -0.2) is 8.78 Å². The molecular formula is C29H30F4O2. The molecule has 3 aromatic carbocycles. The minimum Gasteiger partial charge on any atom is -0.453 e. The lowest BCUT2D eigenvalue weighted by molar-refractivity contribution is -0.0498. The predicted molar refractivity (Wildman–Crippen MR) is 129 cm³/mol. The van der Waals surface area contributed by atoms with E-state index in [0.29, 0.717) is 28.4 Å². The maximum Gasteiger partial charge on any atom is 0.387 e. The Labute approximate surface area is 203 Å². The summed E-state index contributed by atoms with van der Waals surface area (Å²) in [5, 5.41) is 0. The van der Waals surface area contributed by atoms with Gasteiger partial charge in [0.1, 0.15) is 17.3 Å². The van der Waals surface area contributed by atoms with Crippen LogP contribution in [0, 0.1) is 24.5 Å². The van der Waals surface area contributed by atoms with Gasteiger partial charge in [0.25, 0.3) is 0 Å². The van der Waals surface area contributed by atoms with E-state index < -0.39 is 18.2 Å². The Morgan fingerprint density at radius 1 is 0.943 bits per heavy atom. The maximum absolute atomic E-state index is 15.8. The summed E-state index contributed by atoms with van der Waals surface area (Å²) >= 11 is 0. The van der Waals surface area contributed by atoms with E-state index in [9.17, 15) is 13.2 Å². The van der Waals surface area contributed by atoms with Gasteiger partial charge in [-0.2, -0.15) is 8.78 Å². The number of para-hydroxylation sites is 1. The van der Waals surface area contributed by atoms with Crippen LogP contribution >= 0.6 is 0 Å². The summed E-state index contributed by atoms with van der Waals surface area (Å²) in [7, 11) is 0. The third-order valence-corrected chi connectivity index (χ3v) is 6.84. The molecule has 0 spiro atoms. The van der Waals surface area contributed by atoms with Crippen LogP contribution in [0.15, 0.2) is 54.6 Å². The fourth-order valence-electron chi connectivity index (χ4n) is 5.10. The zero-order chi connectivity index (χ0) is 24.9. The van der Waals surface area contributed by atoms with Crippen LogP contribution in [0.5, 0.6) is 17.2 Å². The molecule has 35 heavy (non-hydrogen) atoms. The largest absolute Gasteiger partial charge is 0.453 e. The lowest BCUT2D eigenvalue weighted by atomic mass is 9.77. The van der Waals surface area contributed by atoms with E-state index in [1.807, 2.05) is 0 Å². The minimum absolute atomic E-state index is 0.0159. The fraction of sp³-hybridized carbons (Fsp3) is 0.379. The van der Waals surface area contributed by atoms with E-state index in [4.69, 9.17) is 4.74 Å². The quantitative estimate of drug-likeness (QED) is 0.295. The molecule has 0 saturated heterocycles. The zero-order valence-electron chi connectivity index (χ0n) is 20.0. The third kappa shape index (κ3) is 5.80.